The molecule has 0 aliphatic carbocycles. The zero-order chi connectivity index (χ0) is 13.5. The molecule has 1 aromatic carbocycles. The van der Waals surface area contributed by atoms with Gasteiger partial charge in [0, 0.05) is 12.1 Å². The molecule has 0 aliphatic rings. The molecule has 0 amide bonds. The Kier molecular flexibility index (Phi) is 5.45. The molecule has 18 heavy (non-hydrogen) atoms. The third-order valence-corrected chi connectivity index (χ3v) is 2.29. The number of hydrogen-bond donors (Lipinski definition) is 2. The average Bonchev–Trinajstić information content (AvgIpc) is 2.34. The van der Waals surface area contributed by atoms with Gasteiger partial charge in [-0.25, -0.2) is 0 Å². The Morgan fingerprint density at radius 3 is 2.61 bits per heavy atom. The van der Waals surface area contributed by atoms with Crippen LogP contribution in [0.1, 0.15) is 13.8 Å². The van der Waals surface area contributed by atoms with Crippen molar-refractivity contribution in [3.05, 3.63) is 24.3 Å². The van der Waals surface area contributed by atoms with E-state index < -0.39 is 12.0 Å². The molecule has 0 saturated heterocycles. The lowest BCUT2D eigenvalue weighted by atomic mass is 10.2. The van der Waals surface area contributed by atoms with Crippen molar-refractivity contribution in [3.63, 3.8) is 0 Å². The largest absolute Gasteiger partial charge is 0.497 e. The zero-order valence-corrected chi connectivity index (χ0v) is 10.8. The van der Waals surface area contributed by atoms with E-state index in [4.69, 9.17) is 14.6 Å². The quantitative estimate of drug-likeness (QED) is 0.771. The van der Waals surface area contributed by atoms with Crippen LogP contribution in [0.4, 0.5) is 0 Å². The third kappa shape index (κ3) is 4.63. The topological polar surface area (TPSA) is 67.8 Å². The van der Waals surface area contributed by atoms with Gasteiger partial charge >= 0.3 is 5.97 Å². The van der Waals surface area contributed by atoms with E-state index in [0.29, 0.717) is 11.5 Å². The summed E-state index contributed by atoms with van der Waals surface area (Å²) < 4.78 is 10.5. The third-order valence-electron chi connectivity index (χ3n) is 2.29. The molecule has 100 valence electrons. The van der Waals surface area contributed by atoms with Crippen LogP contribution in [0, 0.1) is 0 Å². The highest BCUT2D eigenvalue weighted by Gasteiger charge is 2.18. The van der Waals surface area contributed by atoms with Crippen LogP contribution >= 0.6 is 0 Å². The van der Waals surface area contributed by atoms with E-state index in [9.17, 15) is 4.79 Å². The fraction of sp³-hybridized carbons (Fsp3) is 0.462. The summed E-state index contributed by atoms with van der Waals surface area (Å²) in [6.07, 6.45) is 0. The van der Waals surface area contributed by atoms with E-state index in [1.165, 1.54) is 0 Å². The maximum Gasteiger partial charge on any atom is 0.324 e. The number of ether oxygens (including phenoxy) is 2. The Balaban J connectivity index is 2.58. The maximum atomic E-state index is 11.0. The summed E-state index contributed by atoms with van der Waals surface area (Å²) in [6, 6.07) is 6.43. The van der Waals surface area contributed by atoms with Gasteiger partial charge < -0.3 is 14.6 Å². The van der Waals surface area contributed by atoms with Crippen LogP contribution in [0.5, 0.6) is 11.5 Å². The molecular formula is C13H19NO4. The number of rotatable bonds is 7. The molecule has 0 spiro atoms. The molecule has 0 aromatic heterocycles. The highest BCUT2D eigenvalue weighted by molar-refractivity contribution is 5.73. The van der Waals surface area contributed by atoms with Crippen LogP contribution < -0.4 is 14.8 Å². The van der Waals surface area contributed by atoms with Gasteiger partial charge in [0.05, 0.1) is 7.11 Å². The van der Waals surface area contributed by atoms with Crippen LogP contribution in [0.15, 0.2) is 24.3 Å². The monoisotopic (exact) mass is 253 g/mol. The van der Waals surface area contributed by atoms with Crippen molar-refractivity contribution in [2.75, 3.05) is 13.7 Å². The fourth-order valence-corrected chi connectivity index (χ4v) is 1.46. The van der Waals surface area contributed by atoms with Gasteiger partial charge in [0.15, 0.2) is 0 Å². The first-order valence-electron chi connectivity index (χ1n) is 5.78. The van der Waals surface area contributed by atoms with Crippen molar-refractivity contribution in [2.45, 2.75) is 25.9 Å². The van der Waals surface area contributed by atoms with Crippen LogP contribution in [-0.2, 0) is 4.79 Å². The molecule has 5 nitrogen and oxygen atoms in total. The zero-order valence-electron chi connectivity index (χ0n) is 10.8. The molecule has 0 aliphatic heterocycles. The number of carboxylic acid groups (broad SMARTS) is 1. The lowest BCUT2D eigenvalue weighted by Crippen LogP contribution is -2.44. The Labute approximate surface area is 107 Å². The molecule has 0 saturated carbocycles. The summed E-state index contributed by atoms with van der Waals surface area (Å²) >= 11 is 0. The number of methoxy groups -OCH3 is 1. The van der Waals surface area contributed by atoms with E-state index in [0.717, 1.165) is 0 Å². The standard InChI is InChI=1S/C13H19NO4/c1-9(2)14-12(13(15)16)8-18-11-6-4-5-10(7-11)17-3/h4-7,9,12,14H,8H2,1-3H3,(H,15,16). The molecule has 1 atom stereocenters. The molecule has 0 fully saturated rings. The molecule has 1 aromatic rings. The number of nitrogens with one attached hydrogen (secondary N) is 1. The molecule has 2 N–H and O–H groups in total. The molecular weight excluding hydrogens is 234 g/mol. The van der Waals surface area contributed by atoms with Gasteiger partial charge in [-0.15, -0.1) is 0 Å². The Bertz CT molecular complexity index is 392. The Morgan fingerprint density at radius 1 is 1.39 bits per heavy atom. The minimum atomic E-state index is -0.924. The van der Waals surface area contributed by atoms with Crippen molar-refractivity contribution in [1.29, 1.82) is 0 Å². The lowest BCUT2D eigenvalue weighted by molar-refractivity contribution is -0.140. The lowest BCUT2D eigenvalue weighted by Gasteiger charge is -2.18. The van der Waals surface area contributed by atoms with E-state index in [1.807, 2.05) is 13.8 Å². The van der Waals surface area contributed by atoms with Gasteiger partial charge in [0.2, 0.25) is 0 Å². The molecule has 5 heteroatoms. The van der Waals surface area contributed by atoms with Crippen LogP contribution in [0.3, 0.4) is 0 Å². The van der Waals surface area contributed by atoms with E-state index >= 15 is 0 Å². The van der Waals surface area contributed by atoms with E-state index in [-0.39, 0.29) is 12.6 Å². The summed E-state index contributed by atoms with van der Waals surface area (Å²) in [4.78, 5) is 11.0. The van der Waals surface area contributed by atoms with Gasteiger partial charge in [-0.05, 0) is 12.1 Å². The molecule has 1 unspecified atom stereocenters. The van der Waals surface area contributed by atoms with Gasteiger partial charge in [-0.2, -0.15) is 0 Å². The first-order chi connectivity index (χ1) is 8.52. The highest BCUT2D eigenvalue weighted by Crippen LogP contribution is 2.18. The Hall–Kier alpha value is -1.75. The molecule has 0 radical (unpaired) electrons. The first kappa shape index (κ1) is 14.3. The minimum absolute atomic E-state index is 0.0701. The second-order valence-electron chi connectivity index (χ2n) is 4.20. The van der Waals surface area contributed by atoms with Crippen LogP contribution in [0.2, 0.25) is 0 Å². The van der Waals surface area contributed by atoms with Crippen LogP contribution in [-0.4, -0.2) is 36.9 Å². The minimum Gasteiger partial charge on any atom is -0.497 e. The average molecular weight is 253 g/mol. The molecule has 0 bridgehead atoms. The van der Waals surface area contributed by atoms with E-state index in [1.54, 1.807) is 31.4 Å². The number of benzene rings is 1. The van der Waals surface area contributed by atoms with Crippen molar-refractivity contribution in [1.82, 2.24) is 5.32 Å². The molecule has 1 rings (SSSR count). The summed E-state index contributed by atoms with van der Waals surface area (Å²) in [6.45, 7) is 3.85. The summed E-state index contributed by atoms with van der Waals surface area (Å²) in [7, 11) is 1.57. The SMILES string of the molecule is COc1cccc(OCC(NC(C)C)C(=O)O)c1. The van der Waals surface area contributed by atoms with Gasteiger partial charge in [-0.3, -0.25) is 10.1 Å². The van der Waals surface area contributed by atoms with Crippen molar-refractivity contribution in [3.8, 4) is 11.5 Å². The highest BCUT2D eigenvalue weighted by atomic mass is 16.5. The summed E-state index contributed by atoms with van der Waals surface area (Å²) in [5.74, 6) is 0.342. The van der Waals surface area contributed by atoms with Gasteiger partial charge in [-0.1, -0.05) is 19.9 Å². The second kappa shape index (κ2) is 6.86. The Morgan fingerprint density at radius 2 is 2.06 bits per heavy atom. The van der Waals surface area contributed by atoms with Crippen molar-refractivity contribution >= 4 is 5.97 Å². The number of carboxylic acids is 1. The second-order valence-corrected chi connectivity index (χ2v) is 4.20. The predicted molar refractivity (Wildman–Crippen MR) is 68.2 cm³/mol. The maximum absolute atomic E-state index is 11.0. The van der Waals surface area contributed by atoms with Gasteiger partial charge in [0.25, 0.3) is 0 Å². The smallest absolute Gasteiger partial charge is 0.324 e. The normalized spacial score (nSPS) is 12.2. The fourth-order valence-electron chi connectivity index (χ4n) is 1.46. The van der Waals surface area contributed by atoms with Crippen molar-refractivity contribution < 1.29 is 19.4 Å². The van der Waals surface area contributed by atoms with E-state index in [2.05, 4.69) is 5.32 Å². The predicted octanol–water partition coefficient (Wildman–Crippen LogP) is 1.53. The number of aliphatic carboxylic acids is 1. The molecule has 0 heterocycles. The number of carbonyl (C=O) groups is 1. The van der Waals surface area contributed by atoms with Crippen LogP contribution in [0.25, 0.3) is 0 Å². The van der Waals surface area contributed by atoms with Gasteiger partial charge in [0.1, 0.15) is 24.1 Å². The summed E-state index contributed by atoms with van der Waals surface area (Å²) in [5, 5.41) is 12.0. The summed E-state index contributed by atoms with van der Waals surface area (Å²) in [5.41, 5.74) is 0. The number of hydrogen-bond acceptors (Lipinski definition) is 4. The van der Waals surface area contributed by atoms with Crippen molar-refractivity contribution in [2.24, 2.45) is 0 Å². The first-order valence-corrected chi connectivity index (χ1v) is 5.78.